The van der Waals surface area contributed by atoms with E-state index in [1.165, 1.54) is 0 Å². The van der Waals surface area contributed by atoms with E-state index in [0.717, 1.165) is 0 Å². The van der Waals surface area contributed by atoms with Crippen LogP contribution in [0.1, 0.15) is 33.6 Å². The van der Waals surface area contributed by atoms with Crippen LogP contribution in [-0.4, -0.2) is 56.0 Å². The van der Waals surface area contributed by atoms with Crippen LogP contribution in [-0.2, 0) is 0 Å². The topological polar surface area (TPSA) is 125 Å². The van der Waals surface area contributed by atoms with Gasteiger partial charge in [0.15, 0.2) is 0 Å². The standard InChI is InChI=1S/C10H24N2O5/c1-4-7(3)11-9(14,15)10(16,17)12-8(5-2)6-13/h7-8,11-17H,4-6H2,1-3H3. The molecule has 0 radical (unpaired) electrons. The molecule has 0 rings (SSSR count). The van der Waals surface area contributed by atoms with Gasteiger partial charge in [0.05, 0.1) is 6.61 Å². The summed E-state index contributed by atoms with van der Waals surface area (Å²) in [4.78, 5) is 0. The molecule has 0 aromatic heterocycles. The summed E-state index contributed by atoms with van der Waals surface area (Å²) in [5.74, 6) is -5.87. The van der Waals surface area contributed by atoms with Gasteiger partial charge in [0, 0.05) is 12.1 Å². The highest BCUT2D eigenvalue weighted by Crippen LogP contribution is 2.14. The van der Waals surface area contributed by atoms with Gasteiger partial charge in [-0.2, -0.15) is 0 Å². The van der Waals surface area contributed by atoms with Crippen LogP contribution in [0.4, 0.5) is 0 Å². The van der Waals surface area contributed by atoms with Crippen molar-refractivity contribution in [1.29, 1.82) is 0 Å². The molecule has 0 spiro atoms. The maximum Gasteiger partial charge on any atom is 0.295 e. The minimum absolute atomic E-state index is 0.320. The molecule has 104 valence electrons. The fraction of sp³-hybridized carbons (Fsp3) is 1.00. The van der Waals surface area contributed by atoms with Crippen molar-refractivity contribution in [3.05, 3.63) is 0 Å². The Kier molecular flexibility index (Phi) is 6.49. The first-order chi connectivity index (χ1) is 7.70. The first kappa shape index (κ1) is 16.7. The minimum Gasteiger partial charge on any atom is -0.395 e. The SMILES string of the molecule is CCC(C)NC(O)(O)C(O)(O)NC(CC)CO. The number of rotatable bonds is 8. The molecule has 0 saturated heterocycles. The Bertz CT molecular complexity index is 219. The number of aliphatic hydroxyl groups excluding tert-OH is 1. The van der Waals surface area contributed by atoms with Gasteiger partial charge in [-0.1, -0.05) is 13.8 Å². The molecular weight excluding hydrogens is 228 g/mol. The molecule has 0 aromatic carbocycles. The van der Waals surface area contributed by atoms with E-state index in [0.29, 0.717) is 12.8 Å². The summed E-state index contributed by atoms with van der Waals surface area (Å²) in [6.45, 7) is 4.84. The molecule has 17 heavy (non-hydrogen) atoms. The fourth-order valence-electron chi connectivity index (χ4n) is 1.21. The molecule has 0 amide bonds. The third kappa shape index (κ3) is 4.84. The van der Waals surface area contributed by atoms with Gasteiger partial charge in [0.1, 0.15) is 0 Å². The van der Waals surface area contributed by atoms with Gasteiger partial charge in [-0.3, -0.25) is 10.6 Å². The molecule has 7 N–H and O–H groups in total. The number of nitrogens with one attached hydrogen (secondary N) is 2. The average molecular weight is 252 g/mol. The second kappa shape index (κ2) is 6.60. The van der Waals surface area contributed by atoms with Crippen LogP contribution in [0.2, 0.25) is 0 Å². The lowest BCUT2D eigenvalue weighted by Crippen LogP contribution is -2.72. The number of hydrogen-bond donors (Lipinski definition) is 7. The highest BCUT2D eigenvalue weighted by Gasteiger charge is 2.49. The van der Waals surface area contributed by atoms with Crippen LogP contribution < -0.4 is 10.6 Å². The van der Waals surface area contributed by atoms with Crippen LogP contribution in [0.3, 0.4) is 0 Å². The molecule has 0 aromatic rings. The molecule has 0 aliphatic carbocycles. The number of hydrogen-bond acceptors (Lipinski definition) is 7. The Labute approximate surface area is 101 Å². The second-order valence-electron chi connectivity index (χ2n) is 4.23. The summed E-state index contributed by atoms with van der Waals surface area (Å²) >= 11 is 0. The molecule has 2 unspecified atom stereocenters. The Morgan fingerprint density at radius 1 is 0.941 bits per heavy atom. The van der Waals surface area contributed by atoms with E-state index in [-0.39, 0.29) is 12.6 Å². The van der Waals surface area contributed by atoms with Crippen LogP contribution in [0.25, 0.3) is 0 Å². The van der Waals surface area contributed by atoms with E-state index >= 15 is 0 Å². The maximum absolute atomic E-state index is 9.59. The quantitative estimate of drug-likeness (QED) is 0.249. The first-order valence-corrected chi connectivity index (χ1v) is 5.75. The summed E-state index contributed by atoms with van der Waals surface area (Å²) in [5, 5.41) is 51.7. The highest BCUT2D eigenvalue weighted by molar-refractivity contribution is 4.83. The lowest BCUT2D eigenvalue weighted by atomic mass is 10.2. The summed E-state index contributed by atoms with van der Waals surface area (Å²) < 4.78 is 0. The van der Waals surface area contributed by atoms with Crippen LogP contribution >= 0.6 is 0 Å². The summed E-state index contributed by atoms with van der Waals surface area (Å²) in [6.07, 6.45) is 0.981. The van der Waals surface area contributed by atoms with Crippen LogP contribution in [0.15, 0.2) is 0 Å². The Morgan fingerprint density at radius 3 is 1.76 bits per heavy atom. The molecule has 0 bridgehead atoms. The van der Waals surface area contributed by atoms with Crippen molar-refractivity contribution in [3.8, 4) is 0 Å². The van der Waals surface area contributed by atoms with Crippen molar-refractivity contribution in [3.63, 3.8) is 0 Å². The third-order valence-corrected chi connectivity index (χ3v) is 2.66. The van der Waals surface area contributed by atoms with Gasteiger partial charge >= 0.3 is 0 Å². The predicted octanol–water partition coefficient (Wildman–Crippen LogP) is -1.99. The zero-order valence-corrected chi connectivity index (χ0v) is 10.5. The van der Waals surface area contributed by atoms with E-state index in [2.05, 4.69) is 10.6 Å². The Balaban J connectivity index is 4.64. The zero-order chi connectivity index (χ0) is 13.7. The fourth-order valence-corrected chi connectivity index (χ4v) is 1.21. The van der Waals surface area contributed by atoms with Crippen LogP contribution in [0.5, 0.6) is 0 Å². The van der Waals surface area contributed by atoms with Gasteiger partial charge in [0.25, 0.3) is 11.8 Å². The minimum atomic E-state index is -2.96. The third-order valence-electron chi connectivity index (χ3n) is 2.66. The first-order valence-electron chi connectivity index (χ1n) is 5.75. The summed E-state index contributed by atoms with van der Waals surface area (Å²) in [5.41, 5.74) is 0. The van der Waals surface area contributed by atoms with Crippen molar-refractivity contribution in [2.45, 2.75) is 57.5 Å². The predicted molar refractivity (Wildman–Crippen MR) is 61.5 cm³/mol. The van der Waals surface area contributed by atoms with Crippen molar-refractivity contribution in [2.24, 2.45) is 0 Å². The van der Waals surface area contributed by atoms with Gasteiger partial charge < -0.3 is 25.5 Å². The molecule has 7 heteroatoms. The molecule has 0 aliphatic heterocycles. The second-order valence-corrected chi connectivity index (χ2v) is 4.23. The van der Waals surface area contributed by atoms with Crippen LogP contribution in [0, 0.1) is 0 Å². The highest BCUT2D eigenvalue weighted by atomic mass is 16.6. The van der Waals surface area contributed by atoms with Gasteiger partial charge in [-0.25, -0.2) is 0 Å². The van der Waals surface area contributed by atoms with E-state index in [1.807, 2.05) is 0 Å². The average Bonchev–Trinajstić information content (AvgIpc) is 2.24. The van der Waals surface area contributed by atoms with Crippen molar-refractivity contribution >= 4 is 0 Å². The molecule has 7 nitrogen and oxygen atoms in total. The molecule has 0 heterocycles. The largest absolute Gasteiger partial charge is 0.395 e. The Hall–Kier alpha value is -0.280. The van der Waals surface area contributed by atoms with E-state index < -0.39 is 17.9 Å². The van der Waals surface area contributed by atoms with Gasteiger partial charge in [-0.05, 0) is 19.8 Å². The molecule has 2 atom stereocenters. The van der Waals surface area contributed by atoms with Crippen molar-refractivity contribution in [1.82, 2.24) is 10.6 Å². The van der Waals surface area contributed by atoms with E-state index in [1.54, 1.807) is 20.8 Å². The van der Waals surface area contributed by atoms with Gasteiger partial charge in [-0.15, -0.1) is 0 Å². The van der Waals surface area contributed by atoms with E-state index in [4.69, 9.17) is 5.11 Å². The van der Waals surface area contributed by atoms with Crippen molar-refractivity contribution in [2.75, 3.05) is 6.61 Å². The monoisotopic (exact) mass is 252 g/mol. The molecule has 0 fully saturated rings. The molecule has 0 aliphatic rings. The lowest BCUT2D eigenvalue weighted by Gasteiger charge is -2.39. The maximum atomic E-state index is 9.59. The number of aliphatic hydroxyl groups is 5. The smallest absolute Gasteiger partial charge is 0.295 e. The Morgan fingerprint density at radius 2 is 1.41 bits per heavy atom. The summed E-state index contributed by atoms with van der Waals surface area (Å²) in [7, 11) is 0. The van der Waals surface area contributed by atoms with Gasteiger partial charge in [0.2, 0.25) is 0 Å². The summed E-state index contributed by atoms with van der Waals surface area (Å²) in [6, 6.07) is -0.970. The lowest BCUT2D eigenvalue weighted by molar-refractivity contribution is -0.387. The zero-order valence-electron chi connectivity index (χ0n) is 10.5. The van der Waals surface area contributed by atoms with E-state index in [9.17, 15) is 20.4 Å². The van der Waals surface area contributed by atoms with Crippen molar-refractivity contribution < 1.29 is 25.5 Å². The molecular formula is C10H24N2O5. The molecule has 0 saturated carbocycles. The normalized spacial score (nSPS) is 16.9.